The fraction of sp³-hybridized carbons (Fsp3) is 0.286. The zero-order valence-electron chi connectivity index (χ0n) is 15.9. The maximum absolute atomic E-state index is 13.0. The van der Waals surface area contributed by atoms with Gasteiger partial charge in [0.1, 0.15) is 0 Å². The Kier molecular flexibility index (Phi) is 6.23. The highest BCUT2D eigenvalue weighted by atomic mass is 35.5. The molecule has 1 fully saturated rings. The van der Waals surface area contributed by atoms with E-state index in [9.17, 15) is 13.2 Å². The average Bonchev–Trinajstić information content (AvgIpc) is 2.69. The molecule has 0 aromatic heterocycles. The third-order valence-corrected chi connectivity index (χ3v) is 7.21. The van der Waals surface area contributed by atoms with Crippen LogP contribution in [0.2, 0.25) is 5.02 Å². The number of nitrogens with zero attached hydrogens (tertiary/aromatic N) is 2. The molecular weight excluding hydrogens is 396 g/mol. The predicted molar refractivity (Wildman–Crippen MR) is 112 cm³/mol. The fourth-order valence-electron chi connectivity index (χ4n) is 3.15. The van der Waals surface area contributed by atoms with Crippen molar-refractivity contribution < 1.29 is 13.2 Å². The average molecular weight is 419 g/mol. The lowest BCUT2D eigenvalue weighted by Gasteiger charge is -2.33. The van der Waals surface area contributed by atoms with Gasteiger partial charge in [0.15, 0.2) is 0 Å². The number of halogens is 1. The maximum atomic E-state index is 13.0. The van der Waals surface area contributed by atoms with Gasteiger partial charge in [0.05, 0.1) is 4.90 Å². The SMILES string of the molecule is Cc1ccc(C)c(S(=O)(=O)N2CCN(C(=O)/C=C/c3ccccc3Cl)CC2)c1. The lowest BCUT2D eigenvalue weighted by atomic mass is 10.2. The molecule has 28 heavy (non-hydrogen) atoms. The van der Waals surface area contributed by atoms with Crippen LogP contribution < -0.4 is 0 Å². The number of rotatable bonds is 4. The highest BCUT2D eigenvalue weighted by Gasteiger charge is 2.30. The fourth-order valence-corrected chi connectivity index (χ4v) is 5.08. The molecule has 2 aromatic rings. The number of hydrogen-bond donors (Lipinski definition) is 0. The maximum Gasteiger partial charge on any atom is 0.246 e. The lowest BCUT2D eigenvalue weighted by molar-refractivity contribution is -0.127. The monoisotopic (exact) mass is 418 g/mol. The second kappa shape index (κ2) is 8.47. The standard InChI is InChI=1S/C21H23ClN2O3S/c1-16-7-8-17(2)20(15-16)28(26,27)24-13-11-23(12-14-24)21(25)10-9-18-5-3-4-6-19(18)22/h3-10,15H,11-14H2,1-2H3/b10-9+. The summed E-state index contributed by atoms with van der Waals surface area (Å²) in [6.45, 7) is 4.94. The van der Waals surface area contributed by atoms with Crippen LogP contribution in [0.25, 0.3) is 6.08 Å². The number of benzene rings is 2. The van der Waals surface area contributed by atoms with E-state index < -0.39 is 10.0 Å². The van der Waals surface area contributed by atoms with Crippen molar-refractivity contribution in [3.05, 3.63) is 70.3 Å². The zero-order valence-corrected chi connectivity index (χ0v) is 17.5. The van der Waals surface area contributed by atoms with E-state index in [4.69, 9.17) is 11.6 Å². The molecule has 1 amide bonds. The van der Waals surface area contributed by atoms with Crippen molar-refractivity contribution >= 4 is 33.6 Å². The smallest absolute Gasteiger partial charge is 0.246 e. The Hall–Kier alpha value is -2.15. The van der Waals surface area contributed by atoms with Gasteiger partial charge in [-0.3, -0.25) is 4.79 Å². The number of amides is 1. The number of carbonyl (C=O) groups excluding carboxylic acids is 1. The molecule has 1 saturated heterocycles. The van der Waals surface area contributed by atoms with Crippen LogP contribution in [0, 0.1) is 13.8 Å². The first kappa shape index (κ1) is 20.6. The molecule has 0 atom stereocenters. The van der Waals surface area contributed by atoms with Gasteiger partial charge < -0.3 is 4.90 Å². The lowest BCUT2D eigenvalue weighted by Crippen LogP contribution is -2.50. The van der Waals surface area contributed by atoms with E-state index in [1.165, 1.54) is 10.4 Å². The Morgan fingerprint density at radius 3 is 2.39 bits per heavy atom. The summed E-state index contributed by atoms with van der Waals surface area (Å²) in [7, 11) is -3.57. The second-order valence-electron chi connectivity index (χ2n) is 6.85. The Morgan fingerprint density at radius 1 is 1.04 bits per heavy atom. The quantitative estimate of drug-likeness (QED) is 0.714. The molecule has 0 saturated carbocycles. The van der Waals surface area contributed by atoms with Gasteiger partial charge in [-0.2, -0.15) is 4.31 Å². The molecule has 0 spiro atoms. The van der Waals surface area contributed by atoms with Gasteiger partial charge in [-0.05, 0) is 48.7 Å². The minimum absolute atomic E-state index is 0.149. The Bertz CT molecular complexity index is 1010. The molecule has 1 aliphatic heterocycles. The topological polar surface area (TPSA) is 57.7 Å². The van der Waals surface area contributed by atoms with E-state index in [0.29, 0.717) is 23.0 Å². The van der Waals surface area contributed by atoms with Crippen molar-refractivity contribution in [2.24, 2.45) is 0 Å². The highest BCUT2D eigenvalue weighted by Crippen LogP contribution is 2.22. The van der Waals surface area contributed by atoms with E-state index >= 15 is 0 Å². The molecular formula is C21H23ClN2O3S. The first-order valence-electron chi connectivity index (χ1n) is 9.08. The number of aryl methyl sites for hydroxylation is 2. The van der Waals surface area contributed by atoms with Crippen LogP contribution in [0.3, 0.4) is 0 Å². The van der Waals surface area contributed by atoms with E-state index in [-0.39, 0.29) is 19.0 Å². The van der Waals surface area contributed by atoms with Gasteiger partial charge in [-0.1, -0.05) is 41.9 Å². The molecule has 0 unspecified atom stereocenters. The second-order valence-corrected chi connectivity index (χ2v) is 9.17. The van der Waals surface area contributed by atoms with Crippen LogP contribution in [0.4, 0.5) is 0 Å². The molecule has 0 bridgehead atoms. The summed E-state index contributed by atoms with van der Waals surface area (Å²) in [4.78, 5) is 14.4. The Morgan fingerprint density at radius 2 is 1.71 bits per heavy atom. The molecule has 2 aromatic carbocycles. The highest BCUT2D eigenvalue weighted by molar-refractivity contribution is 7.89. The van der Waals surface area contributed by atoms with Crippen LogP contribution in [0.15, 0.2) is 53.4 Å². The largest absolute Gasteiger partial charge is 0.337 e. The molecule has 3 rings (SSSR count). The zero-order chi connectivity index (χ0) is 20.3. The van der Waals surface area contributed by atoms with Crippen molar-refractivity contribution in [2.45, 2.75) is 18.7 Å². The minimum Gasteiger partial charge on any atom is -0.337 e. The third-order valence-electron chi connectivity index (χ3n) is 4.82. The molecule has 0 N–H and O–H groups in total. The number of sulfonamides is 1. The van der Waals surface area contributed by atoms with Crippen molar-refractivity contribution in [3.8, 4) is 0 Å². The molecule has 0 aliphatic carbocycles. The van der Waals surface area contributed by atoms with Gasteiger partial charge >= 0.3 is 0 Å². The van der Waals surface area contributed by atoms with Gasteiger partial charge in [0.25, 0.3) is 0 Å². The number of piperazine rings is 1. The Balaban J connectivity index is 1.66. The normalized spacial score (nSPS) is 15.9. The first-order valence-corrected chi connectivity index (χ1v) is 10.9. The van der Waals surface area contributed by atoms with Gasteiger partial charge in [0, 0.05) is 37.3 Å². The van der Waals surface area contributed by atoms with Gasteiger partial charge in [-0.25, -0.2) is 8.42 Å². The predicted octanol–water partition coefficient (Wildman–Crippen LogP) is 3.50. The summed E-state index contributed by atoms with van der Waals surface area (Å²) in [5.41, 5.74) is 2.41. The van der Waals surface area contributed by atoms with Crippen molar-refractivity contribution in [1.29, 1.82) is 0 Å². The molecule has 7 heteroatoms. The van der Waals surface area contributed by atoms with E-state index in [2.05, 4.69) is 0 Å². The van der Waals surface area contributed by atoms with Crippen LogP contribution in [0.5, 0.6) is 0 Å². The number of hydrogen-bond acceptors (Lipinski definition) is 3. The molecule has 1 heterocycles. The molecule has 5 nitrogen and oxygen atoms in total. The van der Waals surface area contributed by atoms with Crippen LogP contribution >= 0.6 is 11.6 Å². The van der Waals surface area contributed by atoms with Crippen molar-refractivity contribution in [2.75, 3.05) is 26.2 Å². The molecule has 1 aliphatic rings. The van der Waals surface area contributed by atoms with Crippen LogP contribution in [0.1, 0.15) is 16.7 Å². The summed E-state index contributed by atoms with van der Waals surface area (Å²) >= 11 is 6.10. The van der Waals surface area contributed by atoms with Gasteiger partial charge in [0.2, 0.25) is 15.9 Å². The number of carbonyl (C=O) groups is 1. The summed E-state index contributed by atoms with van der Waals surface area (Å²) in [6, 6.07) is 12.7. The molecule has 148 valence electrons. The van der Waals surface area contributed by atoms with Crippen molar-refractivity contribution in [1.82, 2.24) is 9.21 Å². The van der Waals surface area contributed by atoms with E-state index in [1.54, 1.807) is 30.0 Å². The third kappa shape index (κ3) is 4.46. The van der Waals surface area contributed by atoms with Crippen molar-refractivity contribution in [3.63, 3.8) is 0 Å². The van der Waals surface area contributed by atoms with E-state index in [1.807, 2.05) is 37.3 Å². The summed E-state index contributed by atoms with van der Waals surface area (Å²) in [6.07, 6.45) is 3.17. The summed E-state index contributed by atoms with van der Waals surface area (Å²) < 4.78 is 27.4. The Labute approximate surface area is 171 Å². The summed E-state index contributed by atoms with van der Waals surface area (Å²) in [5, 5.41) is 0.580. The van der Waals surface area contributed by atoms with Crippen LogP contribution in [-0.2, 0) is 14.8 Å². The van der Waals surface area contributed by atoms with Crippen LogP contribution in [-0.4, -0.2) is 49.7 Å². The first-order chi connectivity index (χ1) is 13.3. The minimum atomic E-state index is -3.57. The summed E-state index contributed by atoms with van der Waals surface area (Å²) in [5.74, 6) is -0.149. The van der Waals surface area contributed by atoms with Gasteiger partial charge in [-0.15, -0.1) is 0 Å². The van der Waals surface area contributed by atoms with E-state index in [0.717, 1.165) is 16.7 Å². The molecule has 0 radical (unpaired) electrons.